The predicted octanol–water partition coefficient (Wildman–Crippen LogP) is 4.99. The van der Waals surface area contributed by atoms with Crippen molar-refractivity contribution in [2.75, 3.05) is 0 Å². The van der Waals surface area contributed by atoms with Crippen molar-refractivity contribution in [1.82, 2.24) is 15.0 Å². The van der Waals surface area contributed by atoms with Crippen molar-refractivity contribution in [2.24, 2.45) is 0 Å². The van der Waals surface area contributed by atoms with Gasteiger partial charge in [0, 0.05) is 41.2 Å². The molecule has 0 atom stereocenters. The fraction of sp³-hybridized carbons (Fsp3) is 0.100. The number of nitrogens with one attached hydrogen (secondary N) is 1. The molecule has 0 saturated carbocycles. The number of hydrogen-bond donors (Lipinski definition) is 1. The number of aromatic amines is 1. The molecular formula is C20H16FN3. The number of halogens is 1. The van der Waals surface area contributed by atoms with Gasteiger partial charge in [-0.25, -0.2) is 9.97 Å². The molecule has 0 saturated heterocycles. The molecule has 1 aromatic carbocycles. The van der Waals surface area contributed by atoms with E-state index in [1.54, 1.807) is 12.3 Å². The minimum absolute atomic E-state index is 0.488. The number of aryl methyl sites for hydroxylation is 1. The average Bonchev–Trinajstić information content (AvgIpc) is 3.04. The number of aromatic nitrogens is 3. The Balaban J connectivity index is 1.91. The molecule has 118 valence electrons. The van der Waals surface area contributed by atoms with Gasteiger partial charge < -0.3 is 4.98 Å². The fourth-order valence-corrected chi connectivity index (χ4v) is 3.06. The smallest absolute Gasteiger partial charge is 0.213 e. The van der Waals surface area contributed by atoms with Gasteiger partial charge in [0.1, 0.15) is 5.65 Å². The van der Waals surface area contributed by atoms with Crippen LogP contribution in [0.1, 0.15) is 12.5 Å². The summed E-state index contributed by atoms with van der Waals surface area (Å²) in [6.45, 7) is 2.15. The average molecular weight is 317 g/mol. The first-order chi connectivity index (χ1) is 11.8. The first-order valence-electron chi connectivity index (χ1n) is 7.93. The van der Waals surface area contributed by atoms with Crippen LogP contribution in [-0.4, -0.2) is 15.0 Å². The maximum absolute atomic E-state index is 13.4. The van der Waals surface area contributed by atoms with Gasteiger partial charge in [-0.15, -0.1) is 0 Å². The van der Waals surface area contributed by atoms with Gasteiger partial charge in [-0.1, -0.05) is 31.2 Å². The first-order valence-corrected chi connectivity index (χ1v) is 7.93. The SMILES string of the molecule is CCc1ccccc1-c1c[nH]c2ncc(-c3ccnc(F)c3)cc12. The lowest BCUT2D eigenvalue weighted by Crippen LogP contribution is -1.88. The highest BCUT2D eigenvalue weighted by Gasteiger charge is 2.11. The highest BCUT2D eigenvalue weighted by Crippen LogP contribution is 2.33. The lowest BCUT2D eigenvalue weighted by molar-refractivity contribution is 0.584. The third kappa shape index (κ3) is 2.46. The van der Waals surface area contributed by atoms with Crippen LogP contribution in [0.15, 0.2) is 61.1 Å². The lowest BCUT2D eigenvalue weighted by atomic mass is 9.97. The lowest BCUT2D eigenvalue weighted by Gasteiger charge is -2.07. The van der Waals surface area contributed by atoms with E-state index in [2.05, 4.69) is 46.1 Å². The van der Waals surface area contributed by atoms with Crippen LogP contribution in [0, 0.1) is 5.95 Å². The summed E-state index contributed by atoms with van der Waals surface area (Å²) >= 11 is 0. The van der Waals surface area contributed by atoms with E-state index >= 15 is 0 Å². The summed E-state index contributed by atoms with van der Waals surface area (Å²) < 4.78 is 13.4. The normalized spacial score (nSPS) is 11.1. The Hall–Kier alpha value is -3.01. The molecule has 0 fully saturated rings. The van der Waals surface area contributed by atoms with Gasteiger partial charge >= 0.3 is 0 Å². The second kappa shape index (κ2) is 5.89. The molecule has 4 aromatic rings. The van der Waals surface area contributed by atoms with E-state index in [1.807, 2.05) is 12.3 Å². The molecule has 0 aliphatic rings. The number of benzene rings is 1. The molecule has 0 amide bonds. The molecule has 4 rings (SSSR count). The van der Waals surface area contributed by atoms with Crippen LogP contribution < -0.4 is 0 Å². The summed E-state index contributed by atoms with van der Waals surface area (Å²) in [6.07, 6.45) is 6.18. The van der Waals surface area contributed by atoms with Crippen LogP contribution in [0.5, 0.6) is 0 Å². The van der Waals surface area contributed by atoms with E-state index in [0.717, 1.165) is 34.1 Å². The topological polar surface area (TPSA) is 41.6 Å². The zero-order valence-electron chi connectivity index (χ0n) is 13.3. The van der Waals surface area contributed by atoms with E-state index in [9.17, 15) is 4.39 Å². The molecule has 24 heavy (non-hydrogen) atoms. The molecule has 4 heteroatoms. The third-order valence-corrected chi connectivity index (χ3v) is 4.28. The number of nitrogens with zero attached hydrogens (tertiary/aromatic N) is 2. The summed E-state index contributed by atoms with van der Waals surface area (Å²) in [4.78, 5) is 11.3. The monoisotopic (exact) mass is 317 g/mol. The van der Waals surface area contributed by atoms with Gasteiger partial charge in [-0.2, -0.15) is 4.39 Å². The van der Waals surface area contributed by atoms with Crippen LogP contribution in [0.4, 0.5) is 4.39 Å². The number of rotatable bonds is 3. The number of fused-ring (bicyclic) bond motifs is 1. The van der Waals surface area contributed by atoms with Crippen LogP contribution in [-0.2, 0) is 6.42 Å². The number of pyridine rings is 2. The number of H-pyrrole nitrogens is 1. The Morgan fingerprint density at radius 3 is 2.71 bits per heavy atom. The molecule has 1 N–H and O–H groups in total. The second-order valence-electron chi connectivity index (χ2n) is 5.70. The molecule has 0 aliphatic heterocycles. The summed E-state index contributed by atoms with van der Waals surface area (Å²) in [7, 11) is 0. The zero-order valence-corrected chi connectivity index (χ0v) is 13.3. The van der Waals surface area contributed by atoms with Crippen LogP contribution in [0.3, 0.4) is 0 Å². The molecule has 3 heterocycles. The second-order valence-corrected chi connectivity index (χ2v) is 5.70. The number of hydrogen-bond acceptors (Lipinski definition) is 2. The van der Waals surface area contributed by atoms with E-state index < -0.39 is 5.95 Å². The Bertz CT molecular complexity index is 1020. The van der Waals surface area contributed by atoms with Crippen molar-refractivity contribution in [3.8, 4) is 22.3 Å². The van der Waals surface area contributed by atoms with Crippen molar-refractivity contribution in [3.63, 3.8) is 0 Å². The van der Waals surface area contributed by atoms with Crippen LogP contribution in [0.25, 0.3) is 33.3 Å². The van der Waals surface area contributed by atoms with E-state index in [-0.39, 0.29) is 0 Å². The predicted molar refractivity (Wildman–Crippen MR) is 94.1 cm³/mol. The van der Waals surface area contributed by atoms with Gasteiger partial charge in [-0.3, -0.25) is 0 Å². The maximum atomic E-state index is 13.4. The highest BCUT2D eigenvalue weighted by molar-refractivity contribution is 5.96. The minimum Gasteiger partial charge on any atom is -0.346 e. The van der Waals surface area contributed by atoms with E-state index in [1.165, 1.54) is 23.4 Å². The minimum atomic E-state index is -0.488. The molecule has 0 unspecified atom stereocenters. The molecule has 0 radical (unpaired) electrons. The summed E-state index contributed by atoms with van der Waals surface area (Å²) in [5, 5.41) is 1.03. The Morgan fingerprint density at radius 1 is 1.00 bits per heavy atom. The summed E-state index contributed by atoms with van der Waals surface area (Å²) in [6, 6.07) is 13.6. The van der Waals surface area contributed by atoms with E-state index in [0.29, 0.717) is 0 Å². The van der Waals surface area contributed by atoms with Gasteiger partial charge in [0.25, 0.3) is 0 Å². The largest absolute Gasteiger partial charge is 0.346 e. The molecular weight excluding hydrogens is 301 g/mol. The maximum Gasteiger partial charge on any atom is 0.213 e. The molecule has 3 aromatic heterocycles. The first kappa shape index (κ1) is 14.6. The highest BCUT2D eigenvalue weighted by atomic mass is 19.1. The van der Waals surface area contributed by atoms with Crippen molar-refractivity contribution in [2.45, 2.75) is 13.3 Å². The fourth-order valence-electron chi connectivity index (χ4n) is 3.06. The summed E-state index contributed by atoms with van der Waals surface area (Å²) in [5.74, 6) is -0.488. The molecule has 0 aliphatic carbocycles. The van der Waals surface area contributed by atoms with Crippen molar-refractivity contribution in [1.29, 1.82) is 0 Å². The van der Waals surface area contributed by atoms with Gasteiger partial charge in [0.05, 0.1) is 0 Å². The summed E-state index contributed by atoms with van der Waals surface area (Å²) in [5.41, 5.74) is 6.08. The molecule has 0 spiro atoms. The van der Waals surface area contributed by atoms with Gasteiger partial charge in [-0.05, 0) is 35.2 Å². The van der Waals surface area contributed by atoms with Crippen LogP contribution in [0.2, 0.25) is 0 Å². The Labute approximate surface area is 139 Å². The Kier molecular flexibility index (Phi) is 3.58. The third-order valence-electron chi connectivity index (χ3n) is 4.28. The van der Waals surface area contributed by atoms with Gasteiger partial charge in [0.2, 0.25) is 5.95 Å². The zero-order chi connectivity index (χ0) is 16.5. The van der Waals surface area contributed by atoms with Crippen LogP contribution >= 0.6 is 0 Å². The quantitative estimate of drug-likeness (QED) is 0.541. The van der Waals surface area contributed by atoms with Crippen molar-refractivity contribution in [3.05, 3.63) is 72.6 Å². The van der Waals surface area contributed by atoms with Crippen molar-refractivity contribution >= 4 is 11.0 Å². The molecule has 0 bridgehead atoms. The Morgan fingerprint density at radius 2 is 1.88 bits per heavy atom. The molecule has 3 nitrogen and oxygen atoms in total. The standard InChI is InChI=1S/C20H16FN3/c1-2-13-5-3-4-6-16(13)18-12-24-20-17(18)9-15(11-23-20)14-7-8-22-19(21)10-14/h3-12H,2H2,1H3,(H,23,24). The van der Waals surface area contributed by atoms with Crippen molar-refractivity contribution < 1.29 is 4.39 Å². The van der Waals surface area contributed by atoms with Gasteiger partial charge in [0.15, 0.2) is 0 Å². The van der Waals surface area contributed by atoms with E-state index in [4.69, 9.17) is 0 Å².